The molecular weight excluding hydrogens is 360 g/mol. The normalized spacial score (nSPS) is 10.4. The van der Waals surface area contributed by atoms with Crippen LogP contribution in [-0.2, 0) is 12.8 Å². The monoisotopic (exact) mass is 380 g/mol. The summed E-state index contributed by atoms with van der Waals surface area (Å²) in [6, 6.07) is 17.2. The van der Waals surface area contributed by atoms with Gasteiger partial charge < -0.3 is 10.6 Å². The number of benzene rings is 2. The number of hydrogen-bond acceptors (Lipinski definition) is 4. The van der Waals surface area contributed by atoms with Crippen molar-refractivity contribution in [3.63, 3.8) is 0 Å². The SMILES string of the molecule is CCc1ccccc1Nc1nccc(C(=O)NCCc2cccc(Cl)c2)n1. The van der Waals surface area contributed by atoms with Crippen LogP contribution < -0.4 is 10.6 Å². The molecule has 0 spiro atoms. The third kappa shape index (κ3) is 5.28. The summed E-state index contributed by atoms with van der Waals surface area (Å²) in [5, 5.41) is 6.76. The van der Waals surface area contributed by atoms with Gasteiger partial charge in [-0.15, -0.1) is 0 Å². The van der Waals surface area contributed by atoms with Gasteiger partial charge in [0.25, 0.3) is 5.91 Å². The van der Waals surface area contributed by atoms with Crippen molar-refractivity contribution in [1.82, 2.24) is 15.3 Å². The van der Waals surface area contributed by atoms with E-state index >= 15 is 0 Å². The van der Waals surface area contributed by atoms with E-state index in [9.17, 15) is 4.79 Å². The zero-order chi connectivity index (χ0) is 19.1. The Morgan fingerprint density at radius 2 is 1.96 bits per heavy atom. The van der Waals surface area contributed by atoms with Crippen molar-refractivity contribution in [2.24, 2.45) is 0 Å². The van der Waals surface area contributed by atoms with Gasteiger partial charge in [0.15, 0.2) is 0 Å². The van der Waals surface area contributed by atoms with E-state index in [2.05, 4.69) is 33.6 Å². The molecular formula is C21H21ClN4O. The zero-order valence-electron chi connectivity index (χ0n) is 15.1. The molecule has 138 valence electrons. The molecule has 3 aromatic rings. The topological polar surface area (TPSA) is 66.9 Å². The molecule has 5 nitrogen and oxygen atoms in total. The highest BCUT2D eigenvalue weighted by Gasteiger charge is 2.09. The molecule has 0 saturated heterocycles. The first-order valence-corrected chi connectivity index (χ1v) is 9.24. The van der Waals surface area contributed by atoms with E-state index in [4.69, 9.17) is 11.6 Å². The molecule has 2 aromatic carbocycles. The maximum atomic E-state index is 12.4. The standard InChI is InChI=1S/C21H21ClN4O/c1-2-16-7-3-4-9-18(16)25-21-24-13-11-19(26-21)20(27)23-12-10-15-6-5-8-17(22)14-15/h3-9,11,13-14H,2,10,12H2,1H3,(H,23,27)(H,24,25,26). The van der Waals surface area contributed by atoms with Crippen molar-refractivity contribution in [2.45, 2.75) is 19.8 Å². The van der Waals surface area contributed by atoms with Crippen molar-refractivity contribution >= 4 is 29.1 Å². The Bertz CT molecular complexity index is 929. The number of nitrogens with zero attached hydrogens (tertiary/aromatic N) is 2. The van der Waals surface area contributed by atoms with Gasteiger partial charge >= 0.3 is 0 Å². The average Bonchev–Trinajstić information content (AvgIpc) is 2.68. The number of amides is 1. The van der Waals surface area contributed by atoms with Gasteiger partial charge in [0.05, 0.1) is 0 Å². The van der Waals surface area contributed by atoms with Crippen LogP contribution in [0.5, 0.6) is 0 Å². The van der Waals surface area contributed by atoms with Crippen LogP contribution in [0.15, 0.2) is 60.8 Å². The molecule has 3 rings (SSSR count). The van der Waals surface area contributed by atoms with Gasteiger partial charge in [-0.3, -0.25) is 4.79 Å². The quantitative estimate of drug-likeness (QED) is 0.637. The van der Waals surface area contributed by atoms with Gasteiger partial charge in [-0.1, -0.05) is 48.9 Å². The Morgan fingerprint density at radius 3 is 2.78 bits per heavy atom. The lowest BCUT2D eigenvalue weighted by Crippen LogP contribution is -2.26. The van der Waals surface area contributed by atoms with Crippen LogP contribution in [0.2, 0.25) is 5.02 Å². The minimum Gasteiger partial charge on any atom is -0.350 e. The van der Waals surface area contributed by atoms with E-state index in [1.807, 2.05) is 42.5 Å². The van der Waals surface area contributed by atoms with Crippen LogP contribution in [0.25, 0.3) is 0 Å². The number of aryl methyl sites for hydroxylation is 1. The van der Waals surface area contributed by atoms with E-state index in [0.717, 1.165) is 23.2 Å². The first-order chi connectivity index (χ1) is 13.2. The molecule has 0 bridgehead atoms. The Morgan fingerprint density at radius 1 is 1.11 bits per heavy atom. The highest BCUT2D eigenvalue weighted by atomic mass is 35.5. The molecule has 0 aliphatic carbocycles. The molecule has 0 aliphatic rings. The summed E-state index contributed by atoms with van der Waals surface area (Å²) in [6.07, 6.45) is 3.18. The van der Waals surface area contributed by atoms with Crippen molar-refractivity contribution in [1.29, 1.82) is 0 Å². The highest BCUT2D eigenvalue weighted by molar-refractivity contribution is 6.30. The number of rotatable bonds is 7. The van der Waals surface area contributed by atoms with Crippen LogP contribution in [0.3, 0.4) is 0 Å². The van der Waals surface area contributed by atoms with Gasteiger partial charge in [0, 0.05) is 23.5 Å². The van der Waals surface area contributed by atoms with Crippen molar-refractivity contribution < 1.29 is 4.79 Å². The summed E-state index contributed by atoms with van der Waals surface area (Å²) in [4.78, 5) is 20.9. The third-order valence-electron chi connectivity index (χ3n) is 4.12. The van der Waals surface area contributed by atoms with Crippen LogP contribution in [0.4, 0.5) is 11.6 Å². The molecule has 0 unspecified atom stereocenters. The summed E-state index contributed by atoms with van der Waals surface area (Å²) in [7, 11) is 0. The van der Waals surface area contributed by atoms with Gasteiger partial charge in [0.2, 0.25) is 5.95 Å². The Balaban J connectivity index is 1.61. The van der Waals surface area contributed by atoms with E-state index in [-0.39, 0.29) is 5.91 Å². The zero-order valence-corrected chi connectivity index (χ0v) is 15.8. The molecule has 0 aliphatic heterocycles. The van der Waals surface area contributed by atoms with Crippen LogP contribution in [-0.4, -0.2) is 22.4 Å². The van der Waals surface area contributed by atoms with Crippen LogP contribution >= 0.6 is 11.6 Å². The summed E-state index contributed by atoms with van der Waals surface area (Å²) in [5.41, 5.74) is 3.51. The molecule has 1 amide bonds. The average molecular weight is 381 g/mol. The molecule has 0 radical (unpaired) electrons. The minimum absolute atomic E-state index is 0.230. The number of hydrogen-bond donors (Lipinski definition) is 2. The lowest BCUT2D eigenvalue weighted by molar-refractivity contribution is 0.0949. The number of carbonyl (C=O) groups is 1. The van der Waals surface area contributed by atoms with E-state index < -0.39 is 0 Å². The van der Waals surface area contributed by atoms with Crippen LogP contribution in [0, 0.1) is 0 Å². The molecule has 6 heteroatoms. The minimum atomic E-state index is -0.230. The number of halogens is 1. The smallest absolute Gasteiger partial charge is 0.270 e. The number of nitrogens with one attached hydrogen (secondary N) is 2. The van der Waals surface area contributed by atoms with Gasteiger partial charge in [0.1, 0.15) is 5.69 Å². The Labute approximate surface area is 163 Å². The fraction of sp³-hybridized carbons (Fsp3) is 0.190. The molecule has 27 heavy (non-hydrogen) atoms. The largest absolute Gasteiger partial charge is 0.350 e. The van der Waals surface area contributed by atoms with E-state index in [0.29, 0.717) is 29.6 Å². The van der Waals surface area contributed by atoms with Crippen molar-refractivity contribution in [3.05, 3.63) is 82.6 Å². The maximum Gasteiger partial charge on any atom is 0.270 e. The number of para-hydroxylation sites is 1. The number of anilines is 2. The Hall–Kier alpha value is -2.92. The molecule has 0 fully saturated rings. The fourth-order valence-electron chi connectivity index (χ4n) is 2.72. The lowest BCUT2D eigenvalue weighted by Gasteiger charge is -2.10. The van der Waals surface area contributed by atoms with Crippen molar-refractivity contribution in [3.8, 4) is 0 Å². The molecule has 2 N–H and O–H groups in total. The lowest BCUT2D eigenvalue weighted by atomic mass is 10.1. The molecule has 1 heterocycles. The van der Waals surface area contributed by atoms with E-state index in [1.165, 1.54) is 0 Å². The predicted octanol–water partition coefficient (Wildman–Crippen LogP) is 4.41. The predicted molar refractivity (Wildman–Crippen MR) is 109 cm³/mol. The van der Waals surface area contributed by atoms with E-state index in [1.54, 1.807) is 12.3 Å². The highest BCUT2D eigenvalue weighted by Crippen LogP contribution is 2.19. The van der Waals surface area contributed by atoms with Crippen LogP contribution in [0.1, 0.15) is 28.5 Å². The first-order valence-electron chi connectivity index (χ1n) is 8.86. The summed E-state index contributed by atoms with van der Waals surface area (Å²) < 4.78 is 0. The molecule has 1 aromatic heterocycles. The molecule has 0 atom stereocenters. The van der Waals surface area contributed by atoms with Gasteiger partial charge in [-0.25, -0.2) is 9.97 Å². The maximum absolute atomic E-state index is 12.4. The second-order valence-electron chi connectivity index (χ2n) is 6.04. The second kappa shape index (κ2) is 9.14. The van der Waals surface area contributed by atoms with Gasteiger partial charge in [-0.05, 0) is 48.2 Å². The summed E-state index contributed by atoms with van der Waals surface area (Å²) >= 11 is 5.98. The second-order valence-corrected chi connectivity index (χ2v) is 6.47. The summed E-state index contributed by atoms with van der Waals surface area (Å²) in [5.74, 6) is 0.171. The summed E-state index contributed by atoms with van der Waals surface area (Å²) in [6.45, 7) is 2.59. The Kier molecular flexibility index (Phi) is 6.39. The van der Waals surface area contributed by atoms with Crippen molar-refractivity contribution in [2.75, 3.05) is 11.9 Å². The number of aromatic nitrogens is 2. The third-order valence-corrected chi connectivity index (χ3v) is 4.36. The van der Waals surface area contributed by atoms with Gasteiger partial charge in [-0.2, -0.15) is 0 Å². The molecule has 0 saturated carbocycles. The first kappa shape index (κ1) is 18.9. The fourth-order valence-corrected chi connectivity index (χ4v) is 2.93. The number of carbonyl (C=O) groups excluding carboxylic acids is 1.